The van der Waals surface area contributed by atoms with Crippen molar-refractivity contribution in [1.29, 1.82) is 5.26 Å². The van der Waals surface area contributed by atoms with Gasteiger partial charge < -0.3 is 5.32 Å². The van der Waals surface area contributed by atoms with E-state index in [9.17, 15) is 4.79 Å². The van der Waals surface area contributed by atoms with Crippen molar-refractivity contribution in [2.75, 3.05) is 6.54 Å². The van der Waals surface area contributed by atoms with Crippen molar-refractivity contribution in [2.45, 2.75) is 12.3 Å². The molecule has 1 aromatic carbocycles. The molecule has 1 atom stereocenters. The minimum atomic E-state index is -0.195. The first kappa shape index (κ1) is 12.4. The number of benzene rings is 1. The second-order valence-corrected chi connectivity index (χ2v) is 4.85. The number of carbonyl (C=O) groups excluding carboxylic acids is 1. The van der Waals surface area contributed by atoms with Crippen molar-refractivity contribution in [3.8, 4) is 6.07 Å². The first-order valence-corrected chi connectivity index (χ1v) is 6.50. The molecule has 1 heterocycles. The Kier molecular flexibility index (Phi) is 3.18. The summed E-state index contributed by atoms with van der Waals surface area (Å²) in [7, 11) is 0. The van der Waals surface area contributed by atoms with Crippen molar-refractivity contribution < 1.29 is 4.79 Å². The molecule has 1 unspecified atom stereocenters. The number of amides is 1. The number of hydrogen-bond acceptors (Lipinski definition) is 3. The van der Waals surface area contributed by atoms with Gasteiger partial charge in [-0.2, -0.15) is 5.26 Å². The van der Waals surface area contributed by atoms with Gasteiger partial charge in [0.1, 0.15) is 11.8 Å². The van der Waals surface area contributed by atoms with Crippen LogP contribution in [0, 0.1) is 11.3 Å². The summed E-state index contributed by atoms with van der Waals surface area (Å²) < 4.78 is 0. The zero-order valence-electron chi connectivity index (χ0n) is 10.8. The van der Waals surface area contributed by atoms with Crippen molar-refractivity contribution in [2.24, 2.45) is 0 Å². The van der Waals surface area contributed by atoms with Crippen molar-refractivity contribution in [1.82, 2.24) is 10.3 Å². The SMILES string of the molecule is N#Cc1ccc(C(=O)NCC2Cc3ccccc32)nc1. The van der Waals surface area contributed by atoms with Crippen LogP contribution in [0.25, 0.3) is 0 Å². The van der Waals surface area contributed by atoms with E-state index >= 15 is 0 Å². The van der Waals surface area contributed by atoms with Gasteiger partial charge in [0, 0.05) is 18.7 Å². The third-order valence-electron chi connectivity index (χ3n) is 3.60. The molecule has 20 heavy (non-hydrogen) atoms. The van der Waals surface area contributed by atoms with Crippen LogP contribution in [-0.2, 0) is 6.42 Å². The summed E-state index contributed by atoms with van der Waals surface area (Å²) in [6, 6.07) is 13.4. The summed E-state index contributed by atoms with van der Waals surface area (Å²) in [5.74, 6) is 0.201. The molecule has 0 saturated carbocycles. The molecule has 1 aliphatic carbocycles. The number of aromatic nitrogens is 1. The molecule has 0 aliphatic heterocycles. The molecule has 0 spiro atoms. The fourth-order valence-corrected chi connectivity index (χ4v) is 2.45. The number of fused-ring (bicyclic) bond motifs is 1. The molecular formula is C16H13N3O. The average molecular weight is 263 g/mol. The van der Waals surface area contributed by atoms with Gasteiger partial charge in [0.25, 0.3) is 5.91 Å². The van der Waals surface area contributed by atoms with Crippen LogP contribution in [0.3, 0.4) is 0 Å². The van der Waals surface area contributed by atoms with Gasteiger partial charge in [0.15, 0.2) is 0 Å². The van der Waals surface area contributed by atoms with Crippen molar-refractivity contribution in [3.05, 3.63) is 65.0 Å². The maximum Gasteiger partial charge on any atom is 0.269 e. The Balaban J connectivity index is 1.59. The van der Waals surface area contributed by atoms with Gasteiger partial charge in [0.05, 0.1) is 5.56 Å². The van der Waals surface area contributed by atoms with Crippen LogP contribution >= 0.6 is 0 Å². The Bertz CT molecular complexity index is 686. The van der Waals surface area contributed by atoms with E-state index in [0.29, 0.717) is 23.7 Å². The maximum absolute atomic E-state index is 11.9. The number of rotatable bonds is 3. The number of nitrogens with zero attached hydrogens (tertiary/aromatic N) is 2. The number of nitriles is 1. The zero-order chi connectivity index (χ0) is 13.9. The first-order chi connectivity index (χ1) is 9.78. The predicted octanol–water partition coefficient (Wildman–Crippen LogP) is 2.02. The smallest absolute Gasteiger partial charge is 0.269 e. The van der Waals surface area contributed by atoms with Crippen molar-refractivity contribution in [3.63, 3.8) is 0 Å². The molecule has 98 valence electrons. The van der Waals surface area contributed by atoms with E-state index in [1.54, 1.807) is 12.1 Å². The number of carbonyl (C=O) groups is 1. The molecule has 4 nitrogen and oxygen atoms in total. The highest BCUT2D eigenvalue weighted by molar-refractivity contribution is 5.92. The molecule has 1 N–H and O–H groups in total. The summed E-state index contributed by atoms with van der Waals surface area (Å²) in [6.45, 7) is 0.623. The van der Waals surface area contributed by atoms with Gasteiger partial charge in [-0.1, -0.05) is 24.3 Å². The molecule has 0 saturated heterocycles. The lowest BCUT2D eigenvalue weighted by atomic mass is 9.77. The summed E-state index contributed by atoms with van der Waals surface area (Å²) in [5.41, 5.74) is 3.48. The minimum Gasteiger partial charge on any atom is -0.350 e. The Morgan fingerprint density at radius 2 is 2.20 bits per heavy atom. The molecule has 2 aromatic rings. The highest BCUT2D eigenvalue weighted by atomic mass is 16.1. The molecular weight excluding hydrogens is 250 g/mol. The van der Waals surface area contributed by atoms with Gasteiger partial charge in [-0.3, -0.25) is 4.79 Å². The van der Waals surface area contributed by atoms with Crippen LogP contribution < -0.4 is 5.32 Å². The van der Waals surface area contributed by atoms with Gasteiger partial charge in [0.2, 0.25) is 0 Å². The highest BCUT2D eigenvalue weighted by Crippen LogP contribution is 2.33. The molecule has 1 aromatic heterocycles. The van der Waals surface area contributed by atoms with E-state index in [0.717, 1.165) is 6.42 Å². The Labute approximate surface area is 117 Å². The molecule has 4 heteroatoms. The second kappa shape index (κ2) is 5.14. The van der Waals surface area contributed by atoms with E-state index < -0.39 is 0 Å². The number of nitrogens with one attached hydrogen (secondary N) is 1. The zero-order valence-corrected chi connectivity index (χ0v) is 10.8. The fraction of sp³-hybridized carbons (Fsp3) is 0.188. The molecule has 1 amide bonds. The number of pyridine rings is 1. The topological polar surface area (TPSA) is 65.8 Å². The lowest BCUT2D eigenvalue weighted by Crippen LogP contribution is -2.33. The molecule has 3 rings (SSSR count). The van der Waals surface area contributed by atoms with Gasteiger partial charge in [-0.05, 0) is 29.7 Å². The average Bonchev–Trinajstić information content (AvgIpc) is 2.48. The molecule has 1 aliphatic rings. The summed E-state index contributed by atoms with van der Waals surface area (Å²) >= 11 is 0. The largest absolute Gasteiger partial charge is 0.350 e. The van der Waals surface area contributed by atoms with Crippen LogP contribution in [0.5, 0.6) is 0 Å². The minimum absolute atomic E-state index is 0.195. The van der Waals surface area contributed by atoms with Crippen LogP contribution in [-0.4, -0.2) is 17.4 Å². The first-order valence-electron chi connectivity index (χ1n) is 6.50. The summed E-state index contributed by atoms with van der Waals surface area (Å²) in [5, 5.41) is 11.6. The summed E-state index contributed by atoms with van der Waals surface area (Å²) in [6.07, 6.45) is 2.42. The molecule has 0 bridgehead atoms. The van der Waals surface area contributed by atoms with E-state index in [-0.39, 0.29) is 5.91 Å². The Morgan fingerprint density at radius 1 is 1.35 bits per heavy atom. The van der Waals surface area contributed by atoms with Crippen LogP contribution in [0.15, 0.2) is 42.6 Å². The van der Waals surface area contributed by atoms with E-state index in [1.807, 2.05) is 18.2 Å². The van der Waals surface area contributed by atoms with Gasteiger partial charge in [-0.25, -0.2) is 4.98 Å². The third kappa shape index (κ3) is 2.26. The second-order valence-electron chi connectivity index (χ2n) is 4.85. The van der Waals surface area contributed by atoms with Gasteiger partial charge >= 0.3 is 0 Å². The monoisotopic (exact) mass is 263 g/mol. The van der Waals surface area contributed by atoms with Crippen molar-refractivity contribution >= 4 is 5.91 Å². The standard InChI is InChI=1S/C16H13N3O/c17-8-11-5-6-15(18-9-11)16(20)19-10-13-7-12-3-1-2-4-14(12)13/h1-6,9,13H,7,10H2,(H,19,20). The predicted molar refractivity (Wildman–Crippen MR) is 74.2 cm³/mol. The molecule has 0 fully saturated rings. The quantitative estimate of drug-likeness (QED) is 0.921. The third-order valence-corrected chi connectivity index (χ3v) is 3.60. The Hall–Kier alpha value is -2.67. The highest BCUT2D eigenvalue weighted by Gasteiger charge is 2.25. The summed E-state index contributed by atoms with van der Waals surface area (Å²) in [4.78, 5) is 15.9. The lowest BCUT2D eigenvalue weighted by Gasteiger charge is -2.30. The Morgan fingerprint density at radius 3 is 2.90 bits per heavy atom. The van der Waals surface area contributed by atoms with E-state index in [1.165, 1.54) is 17.3 Å². The normalized spacial score (nSPS) is 15.7. The number of hydrogen-bond donors (Lipinski definition) is 1. The van der Waals surface area contributed by atoms with Crippen LogP contribution in [0.4, 0.5) is 0 Å². The maximum atomic E-state index is 11.9. The fourth-order valence-electron chi connectivity index (χ4n) is 2.45. The van der Waals surface area contributed by atoms with E-state index in [4.69, 9.17) is 5.26 Å². The molecule has 0 radical (unpaired) electrons. The lowest BCUT2D eigenvalue weighted by molar-refractivity contribution is 0.0945. The van der Waals surface area contributed by atoms with Crippen LogP contribution in [0.2, 0.25) is 0 Å². The van der Waals surface area contributed by atoms with Crippen LogP contribution in [0.1, 0.15) is 33.1 Å². The van der Waals surface area contributed by atoms with E-state index in [2.05, 4.69) is 22.4 Å². The van der Waals surface area contributed by atoms with Gasteiger partial charge in [-0.15, -0.1) is 0 Å².